The first-order valence-corrected chi connectivity index (χ1v) is 7.96. The van der Waals surface area contributed by atoms with Crippen LogP contribution in [0.2, 0.25) is 0 Å². The molecule has 9 nitrogen and oxygen atoms in total. The van der Waals surface area contributed by atoms with Crippen LogP contribution in [0.4, 0.5) is 4.79 Å². The van der Waals surface area contributed by atoms with Crippen molar-refractivity contribution in [3.05, 3.63) is 11.7 Å². The van der Waals surface area contributed by atoms with Gasteiger partial charge in [-0.3, -0.25) is 9.69 Å². The van der Waals surface area contributed by atoms with Gasteiger partial charge in [0.15, 0.2) is 5.82 Å². The average Bonchev–Trinajstić information content (AvgIpc) is 3.05. The minimum Gasteiger partial charge on any atom is -0.453 e. The molecule has 0 N–H and O–H groups in total. The molecule has 2 rings (SSSR count). The highest BCUT2D eigenvalue weighted by Gasteiger charge is 2.34. The number of likely N-dealkylation sites (N-methyl/N-ethyl adjacent to an activating group) is 1. The summed E-state index contributed by atoms with van der Waals surface area (Å²) in [4.78, 5) is 31.7. The fourth-order valence-corrected chi connectivity index (χ4v) is 2.71. The number of amides is 2. The largest absolute Gasteiger partial charge is 0.453 e. The van der Waals surface area contributed by atoms with Crippen molar-refractivity contribution >= 4 is 12.0 Å². The molecule has 0 spiro atoms. The fraction of sp³-hybridized carbons (Fsp3) is 0.733. The summed E-state index contributed by atoms with van der Waals surface area (Å²) in [6.07, 6.45) is 2.48. The lowest BCUT2D eigenvalue weighted by atomic mass is 10.0. The van der Waals surface area contributed by atoms with E-state index >= 15 is 0 Å². The number of carbonyl (C=O) groups excluding carboxylic acids is 2. The smallest absolute Gasteiger partial charge is 0.410 e. The molecule has 1 aliphatic heterocycles. The zero-order valence-electron chi connectivity index (χ0n) is 14.4. The quantitative estimate of drug-likeness (QED) is 0.756. The van der Waals surface area contributed by atoms with Gasteiger partial charge in [0.2, 0.25) is 11.8 Å². The summed E-state index contributed by atoms with van der Waals surface area (Å²) >= 11 is 0. The van der Waals surface area contributed by atoms with E-state index in [1.165, 1.54) is 16.9 Å². The predicted octanol–water partition coefficient (Wildman–Crippen LogP) is 0.838. The molecule has 0 aliphatic carbocycles. The molecule has 0 radical (unpaired) electrons. The number of methoxy groups -OCH3 is 2. The molecule has 9 heteroatoms. The summed E-state index contributed by atoms with van der Waals surface area (Å²) in [5.41, 5.74) is 0. The number of hydrogen-bond donors (Lipinski definition) is 0. The van der Waals surface area contributed by atoms with E-state index in [1.54, 1.807) is 14.2 Å². The SMILES string of the molecule is COCCc1noc(CN(C)C(=O)C2CCCCN2C(=O)OC)n1. The van der Waals surface area contributed by atoms with Crippen molar-refractivity contribution in [2.75, 3.05) is 34.4 Å². The van der Waals surface area contributed by atoms with Crippen LogP contribution in [0.3, 0.4) is 0 Å². The lowest BCUT2D eigenvalue weighted by Crippen LogP contribution is -2.52. The third-order valence-electron chi connectivity index (χ3n) is 3.99. The number of nitrogens with zero attached hydrogens (tertiary/aromatic N) is 4. The van der Waals surface area contributed by atoms with Gasteiger partial charge in [-0.15, -0.1) is 0 Å². The van der Waals surface area contributed by atoms with Crippen LogP contribution in [0.5, 0.6) is 0 Å². The minimum absolute atomic E-state index is 0.156. The van der Waals surface area contributed by atoms with Crippen molar-refractivity contribution in [3.63, 3.8) is 0 Å². The topological polar surface area (TPSA) is 98.0 Å². The Balaban J connectivity index is 1.97. The van der Waals surface area contributed by atoms with Gasteiger partial charge in [0.1, 0.15) is 6.04 Å². The van der Waals surface area contributed by atoms with Crippen molar-refractivity contribution in [2.45, 2.75) is 38.3 Å². The predicted molar refractivity (Wildman–Crippen MR) is 83.1 cm³/mol. The van der Waals surface area contributed by atoms with Crippen LogP contribution < -0.4 is 0 Å². The number of ether oxygens (including phenoxy) is 2. The summed E-state index contributed by atoms with van der Waals surface area (Å²) in [5.74, 6) is 0.746. The van der Waals surface area contributed by atoms with E-state index in [1.807, 2.05) is 0 Å². The molecule has 1 aromatic heterocycles. The van der Waals surface area contributed by atoms with Crippen molar-refractivity contribution in [2.24, 2.45) is 0 Å². The zero-order valence-corrected chi connectivity index (χ0v) is 14.4. The first kappa shape index (κ1) is 18.2. The Bertz CT molecular complexity index is 562. The zero-order chi connectivity index (χ0) is 17.5. The highest BCUT2D eigenvalue weighted by Crippen LogP contribution is 2.20. The van der Waals surface area contributed by atoms with Gasteiger partial charge in [-0.05, 0) is 19.3 Å². The van der Waals surface area contributed by atoms with Crippen molar-refractivity contribution in [3.8, 4) is 0 Å². The molecular weight excluding hydrogens is 316 g/mol. The standard InChI is InChI=1S/C15H24N4O5/c1-18(10-13-16-12(17-24-13)7-9-22-2)14(20)11-6-4-5-8-19(11)15(21)23-3/h11H,4-10H2,1-3H3. The molecule has 0 saturated carbocycles. The fourth-order valence-electron chi connectivity index (χ4n) is 2.71. The molecule has 2 amide bonds. The lowest BCUT2D eigenvalue weighted by molar-refractivity contribution is -0.137. The normalized spacial score (nSPS) is 17.6. The van der Waals surface area contributed by atoms with Gasteiger partial charge in [-0.1, -0.05) is 5.16 Å². The third kappa shape index (κ3) is 4.44. The number of hydrogen-bond acceptors (Lipinski definition) is 7. The van der Waals surface area contributed by atoms with Crippen LogP contribution in [0.15, 0.2) is 4.52 Å². The van der Waals surface area contributed by atoms with Crippen LogP contribution >= 0.6 is 0 Å². The number of likely N-dealkylation sites (tertiary alicyclic amines) is 1. The van der Waals surface area contributed by atoms with E-state index < -0.39 is 12.1 Å². The summed E-state index contributed by atoms with van der Waals surface area (Å²) in [6.45, 7) is 1.23. The molecule has 1 unspecified atom stereocenters. The van der Waals surface area contributed by atoms with Crippen LogP contribution in [0.25, 0.3) is 0 Å². The Hall–Kier alpha value is -2.16. The van der Waals surface area contributed by atoms with E-state index in [9.17, 15) is 9.59 Å². The molecule has 1 atom stereocenters. The molecule has 0 bridgehead atoms. The second kappa shape index (κ2) is 8.62. The van der Waals surface area contributed by atoms with Gasteiger partial charge < -0.3 is 18.9 Å². The summed E-state index contributed by atoms with van der Waals surface area (Å²) < 4.78 is 14.9. The van der Waals surface area contributed by atoms with Gasteiger partial charge in [-0.25, -0.2) is 4.79 Å². The Morgan fingerprint density at radius 2 is 2.17 bits per heavy atom. The summed E-state index contributed by atoms with van der Waals surface area (Å²) in [7, 11) is 4.58. The second-order valence-corrected chi connectivity index (χ2v) is 5.72. The molecule has 24 heavy (non-hydrogen) atoms. The van der Waals surface area contributed by atoms with Gasteiger partial charge in [0, 0.05) is 27.1 Å². The Kier molecular flexibility index (Phi) is 6.53. The maximum absolute atomic E-state index is 12.7. The van der Waals surface area contributed by atoms with E-state index in [0.29, 0.717) is 37.7 Å². The number of aromatic nitrogens is 2. The molecule has 1 fully saturated rings. The third-order valence-corrected chi connectivity index (χ3v) is 3.99. The van der Waals surface area contributed by atoms with Crippen LogP contribution in [-0.2, 0) is 27.2 Å². The van der Waals surface area contributed by atoms with E-state index in [0.717, 1.165) is 12.8 Å². The van der Waals surface area contributed by atoms with Gasteiger partial charge >= 0.3 is 6.09 Å². The van der Waals surface area contributed by atoms with Crippen molar-refractivity contribution in [1.82, 2.24) is 19.9 Å². The Morgan fingerprint density at radius 3 is 2.88 bits per heavy atom. The Labute approximate surface area is 140 Å². The molecule has 1 aromatic rings. The number of rotatable bonds is 6. The van der Waals surface area contributed by atoms with Gasteiger partial charge in [0.05, 0.1) is 20.3 Å². The second-order valence-electron chi connectivity index (χ2n) is 5.72. The highest BCUT2D eigenvalue weighted by molar-refractivity contribution is 5.85. The van der Waals surface area contributed by atoms with E-state index in [-0.39, 0.29) is 12.5 Å². The minimum atomic E-state index is -0.507. The molecule has 1 saturated heterocycles. The van der Waals surface area contributed by atoms with Crippen LogP contribution in [-0.4, -0.2) is 72.4 Å². The van der Waals surface area contributed by atoms with E-state index in [2.05, 4.69) is 10.1 Å². The van der Waals surface area contributed by atoms with Crippen LogP contribution in [0, 0.1) is 0 Å². The maximum Gasteiger partial charge on any atom is 0.410 e. The van der Waals surface area contributed by atoms with Crippen molar-refractivity contribution < 1.29 is 23.6 Å². The molecule has 134 valence electrons. The summed E-state index contributed by atoms with van der Waals surface area (Å²) in [5, 5.41) is 3.85. The average molecular weight is 340 g/mol. The molecular formula is C15H24N4O5. The molecule has 1 aliphatic rings. The summed E-state index contributed by atoms with van der Waals surface area (Å²) in [6, 6.07) is -0.507. The van der Waals surface area contributed by atoms with Gasteiger partial charge in [0.25, 0.3) is 0 Å². The highest BCUT2D eigenvalue weighted by atomic mass is 16.5. The number of carbonyl (C=O) groups is 2. The first-order chi connectivity index (χ1) is 11.6. The maximum atomic E-state index is 12.7. The molecule has 0 aromatic carbocycles. The van der Waals surface area contributed by atoms with E-state index in [4.69, 9.17) is 14.0 Å². The van der Waals surface area contributed by atoms with Crippen LogP contribution in [0.1, 0.15) is 31.0 Å². The Morgan fingerprint density at radius 1 is 1.38 bits per heavy atom. The first-order valence-electron chi connectivity index (χ1n) is 7.96. The lowest BCUT2D eigenvalue weighted by Gasteiger charge is -2.35. The number of piperidine rings is 1. The monoisotopic (exact) mass is 340 g/mol. The van der Waals surface area contributed by atoms with Gasteiger partial charge in [-0.2, -0.15) is 4.98 Å². The molecule has 2 heterocycles. The van der Waals surface area contributed by atoms with Crippen molar-refractivity contribution in [1.29, 1.82) is 0 Å².